The Bertz CT molecular complexity index is 679. The van der Waals surface area contributed by atoms with Gasteiger partial charge in [0.25, 0.3) is 11.5 Å². The van der Waals surface area contributed by atoms with E-state index < -0.39 is 17.5 Å². The van der Waals surface area contributed by atoms with Crippen LogP contribution in [0, 0.1) is 0 Å². The number of likely N-dealkylation sites (N-methyl/N-ethyl adjacent to an activating group) is 1. The van der Waals surface area contributed by atoms with Crippen molar-refractivity contribution in [3.05, 3.63) is 34.2 Å². The molecule has 0 unspecified atom stereocenters. The zero-order chi connectivity index (χ0) is 18.4. The molecule has 1 fully saturated rings. The molecule has 0 aliphatic carbocycles. The number of H-pyrrole nitrogens is 1. The van der Waals surface area contributed by atoms with Crippen LogP contribution < -0.4 is 16.2 Å². The quantitative estimate of drug-likeness (QED) is 0.633. The van der Waals surface area contributed by atoms with E-state index >= 15 is 0 Å². The Morgan fingerprint density at radius 1 is 1.40 bits per heavy atom. The number of carbonyl (C=O) groups is 3. The average Bonchev–Trinajstić information content (AvgIpc) is 2.99. The van der Waals surface area contributed by atoms with Gasteiger partial charge in [0.05, 0.1) is 5.75 Å². The zero-order valence-corrected chi connectivity index (χ0v) is 15.0. The highest BCUT2D eigenvalue weighted by Gasteiger charge is 2.39. The largest absolute Gasteiger partial charge is 0.355 e. The highest BCUT2D eigenvalue weighted by Crippen LogP contribution is 2.20. The summed E-state index contributed by atoms with van der Waals surface area (Å²) in [6.07, 6.45) is 3.58. The van der Waals surface area contributed by atoms with Gasteiger partial charge in [-0.2, -0.15) is 11.8 Å². The Kier molecular flexibility index (Phi) is 6.63. The molecule has 2 heterocycles. The van der Waals surface area contributed by atoms with Crippen LogP contribution in [0.2, 0.25) is 0 Å². The van der Waals surface area contributed by atoms with E-state index in [9.17, 15) is 19.2 Å². The van der Waals surface area contributed by atoms with Crippen LogP contribution in [0.25, 0.3) is 0 Å². The number of nitrogens with one attached hydrogen (secondary N) is 3. The molecule has 25 heavy (non-hydrogen) atoms. The van der Waals surface area contributed by atoms with Gasteiger partial charge in [-0.25, -0.2) is 0 Å². The third-order valence-corrected chi connectivity index (χ3v) is 4.48. The topological polar surface area (TPSA) is 111 Å². The van der Waals surface area contributed by atoms with E-state index in [-0.39, 0.29) is 35.7 Å². The maximum atomic E-state index is 12.3. The zero-order valence-electron chi connectivity index (χ0n) is 14.2. The minimum Gasteiger partial charge on any atom is -0.355 e. The molecule has 2 rings (SSSR count). The van der Waals surface area contributed by atoms with E-state index in [0.29, 0.717) is 13.0 Å². The van der Waals surface area contributed by atoms with Crippen LogP contribution in [-0.2, 0) is 9.59 Å². The van der Waals surface area contributed by atoms with Crippen molar-refractivity contribution >= 4 is 29.5 Å². The van der Waals surface area contributed by atoms with Gasteiger partial charge in [0.15, 0.2) is 0 Å². The minimum atomic E-state index is -0.612. The van der Waals surface area contributed by atoms with E-state index in [1.165, 1.54) is 28.9 Å². The first-order valence-electron chi connectivity index (χ1n) is 8.02. The van der Waals surface area contributed by atoms with Gasteiger partial charge in [-0.1, -0.05) is 0 Å². The smallest absolute Gasteiger partial charge is 0.260 e. The first-order valence-corrected chi connectivity index (χ1v) is 9.42. The number of carbonyl (C=O) groups excluding carboxylic acids is 3. The van der Waals surface area contributed by atoms with Gasteiger partial charge >= 0.3 is 0 Å². The summed E-state index contributed by atoms with van der Waals surface area (Å²) in [5, 5.41) is 5.47. The van der Waals surface area contributed by atoms with Gasteiger partial charge in [-0.3, -0.25) is 19.2 Å². The van der Waals surface area contributed by atoms with Crippen molar-refractivity contribution in [2.75, 3.05) is 25.1 Å². The molecule has 3 N–H and O–H groups in total. The number of hydrogen-bond donors (Lipinski definition) is 3. The first kappa shape index (κ1) is 19.0. The Morgan fingerprint density at radius 2 is 2.16 bits per heavy atom. The summed E-state index contributed by atoms with van der Waals surface area (Å²) in [5.74, 6) is -0.612. The second-order valence-corrected chi connectivity index (χ2v) is 6.57. The number of thioether (sulfide) groups is 1. The van der Waals surface area contributed by atoms with Crippen LogP contribution in [0.3, 0.4) is 0 Å². The van der Waals surface area contributed by atoms with Crippen molar-refractivity contribution < 1.29 is 14.4 Å². The third kappa shape index (κ3) is 4.62. The lowest BCUT2D eigenvalue weighted by Gasteiger charge is -2.23. The molecular weight excluding hydrogens is 344 g/mol. The molecule has 0 radical (unpaired) electrons. The number of likely N-dealkylation sites (tertiary alicyclic amines) is 1. The molecule has 0 bridgehead atoms. The lowest BCUT2D eigenvalue weighted by atomic mass is 10.1. The fourth-order valence-electron chi connectivity index (χ4n) is 2.83. The lowest BCUT2D eigenvalue weighted by molar-refractivity contribution is -0.136. The molecule has 0 spiro atoms. The SMILES string of the molecule is CCNC(=O)[C@@H]1C[C@@H](NC(=O)c2ccc[nH]c2=O)CN1C(=O)CSC. The minimum absolute atomic E-state index is 0.00551. The van der Waals surface area contributed by atoms with Crippen molar-refractivity contribution in [3.63, 3.8) is 0 Å². The van der Waals surface area contributed by atoms with Gasteiger partial charge in [0.2, 0.25) is 11.8 Å². The summed E-state index contributed by atoms with van der Waals surface area (Å²) in [5.41, 5.74) is -0.473. The van der Waals surface area contributed by atoms with Crippen molar-refractivity contribution in [1.29, 1.82) is 0 Å². The van der Waals surface area contributed by atoms with Crippen molar-refractivity contribution in [2.45, 2.75) is 25.4 Å². The molecule has 1 aromatic heterocycles. The third-order valence-electron chi connectivity index (χ3n) is 3.94. The van der Waals surface area contributed by atoms with Crippen molar-refractivity contribution in [2.24, 2.45) is 0 Å². The maximum absolute atomic E-state index is 12.3. The summed E-state index contributed by atoms with van der Waals surface area (Å²) < 4.78 is 0. The number of amides is 3. The summed E-state index contributed by atoms with van der Waals surface area (Å²) >= 11 is 1.38. The normalized spacial score (nSPS) is 19.5. The number of rotatable bonds is 6. The second kappa shape index (κ2) is 8.70. The van der Waals surface area contributed by atoms with Crippen molar-refractivity contribution in [3.8, 4) is 0 Å². The van der Waals surface area contributed by atoms with E-state index in [4.69, 9.17) is 0 Å². The fourth-order valence-corrected chi connectivity index (χ4v) is 3.24. The van der Waals surface area contributed by atoms with E-state index in [0.717, 1.165) is 0 Å². The molecular formula is C16H22N4O4S. The molecule has 2 atom stereocenters. The summed E-state index contributed by atoms with van der Waals surface area (Å²) in [6.45, 7) is 2.52. The van der Waals surface area contributed by atoms with Crippen LogP contribution >= 0.6 is 11.8 Å². The number of nitrogens with zero attached hydrogens (tertiary/aromatic N) is 1. The number of aromatic amines is 1. The van der Waals surface area contributed by atoms with E-state index in [1.54, 1.807) is 6.07 Å². The summed E-state index contributed by atoms with van der Waals surface area (Å²) in [7, 11) is 0. The molecule has 1 aromatic rings. The Hall–Kier alpha value is -2.29. The maximum Gasteiger partial charge on any atom is 0.260 e. The standard InChI is InChI=1S/C16H22N4O4S/c1-3-17-16(24)12-7-10(8-20(12)13(21)9-25-2)19-15(23)11-5-4-6-18-14(11)22/h4-6,10,12H,3,7-9H2,1-2H3,(H,17,24)(H,18,22)(H,19,23)/t10-,12+/m1/s1. The summed E-state index contributed by atoms with van der Waals surface area (Å²) in [6, 6.07) is 2.00. The van der Waals surface area contributed by atoms with Gasteiger partial charge in [-0.15, -0.1) is 0 Å². The predicted octanol–water partition coefficient (Wildman–Crippen LogP) is -0.427. The summed E-state index contributed by atoms with van der Waals surface area (Å²) in [4.78, 5) is 52.5. The van der Waals surface area contributed by atoms with Crippen LogP contribution in [-0.4, -0.2) is 64.8 Å². The molecule has 8 nitrogen and oxygen atoms in total. The average molecular weight is 366 g/mol. The van der Waals surface area contributed by atoms with Crippen LogP contribution in [0.15, 0.2) is 23.1 Å². The Labute approximate surface area is 149 Å². The predicted molar refractivity (Wildman–Crippen MR) is 95.5 cm³/mol. The van der Waals surface area contributed by atoms with Crippen LogP contribution in [0.1, 0.15) is 23.7 Å². The van der Waals surface area contributed by atoms with Crippen molar-refractivity contribution in [1.82, 2.24) is 20.5 Å². The van der Waals surface area contributed by atoms with Gasteiger partial charge < -0.3 is 20.5 Å². The number of hydrogen-bond acceptors (Lipinski definition) is 5. The molecule has 1 aliphatic heterocycles. The van der Waals surface area contributed by atoms with Gasteiger partial charge in [0, 0.05) is 25.3 Å². The van der Waals surface area contributed by atoms with Crippen LogP contribution in [0.4, 0.5) is 0 Å². The highest BCUT2D eigenvalue weighted by atomic mass is 32.2. The highest BCUT2D eigenvalue weighted by molar-refractivity contribution is 7.99. The molecule has 0 saturated carbocycles. The van der Waals surface area contributed by atoms with Gasteiger partial charge in [0.1, 0.15) is 11.6 Å². The fraction of sp³-hybridized carbons (Fsp3) is 0.500. The molecule has 3 amide bonds. The molecule has 1 aliphatic rings. The Morgan fingerprint density at radius 3 is 2.80 bits per heavy atom. The second-order valence-electron chi connectivity index (χ2n) is 5.71. The molecule has 0 aromatic carbocycles. The molecule has 136 valence electrons. The molecule has 1 saturated heterocycles. The van der Waals surface area contributed by atoms with Crippen LogP contribution in [0.5, 0.6) is 0 Å². The van der Waals surface area contributed by atoms with Gasteiger partial charge in [-0.05, 0) is 31.7 Å². The number of aromatic nitrogens is 1. The van der Waals surface area contributed by atoms with E-state index in [2.05, 4.69) is 15.6 Å². The number of pyridine rings is 1. The first-order chi connectivity index (χ1) is 12.0. The lowest BCUT2D eigenvalue weighted by Crippen LogP contribution is -2.46. The monoisotopic (exact) mass is 366 g/mol. The Balaban J connectivity index is 2.11. The van der Waals surface area contributed by atoms with E-state index in [1.807, 2.05) is 13.2 Å². The molecule has 9 heteroatoms.